The molecule has 13 nitrogen and oxygen atoms in total. The second kappa shape index (κ2) is 22.9. The van der Waals surface area contributed by atoms with E-state index in [-0.39, 0.29) is 29.2 Å². The number of aromatic amines is 1. The average Bonchev–Trinajstić information content (AvgIpc) is 3.25. The lowest BCUT2D eigenvalue weighted by atomic mass is 10.0. The monoisotopic (exact) mass is 818 g/mol. The molecule has 60 heavy (non-hydrogen) atoms. The van der Waals surface area contributed by atoms with E-state index in [1.165, 1.54) is 12.1 Å². The Kier molecular flexibility index (Phi) is 17.2. The molecule has 4 aromatic carbocycles. The number of aromatic nitrogens is 1. The largest absolute Gasteiger partial charge is 0.506 e. The van der Waals surface area contributed by atoms with Crippen LogP contribution in [0, 0.1) is 0 Å². The zero-order chi connectivity index (χ0) is 42.9. The second-order valence-corrected chi connectivity index (χ2v) is 15.0. The fourth-order valence-electron chi connectivity index (χ4n) is 7.08. The highest BCUT2D eigenvalue weighted by Gasteiger charge is 2.23. The van der Waals surface area contributed by atoms with Gasteiger partial charge in [-0.1, -0.05) is 80.6 Å². The molecule has 1 aliphatic heterocycles. The van der Waals surface area contributed by atoms with Crippen molar-refractivity contribution in [3.8, 4) is 16.9 Å². The van der Waals surface area contributed by atoms with Crippen LogP contribution in [0.25, 0.3) is 22.0 Å². The molecule has 6 N–H and O–H groups in total. The van der Waals surface area contributed by atoms with Gasteiger partial charge in [-0.15, -0.1) is 0 Å². The maximum absolute atomic E-state index is 12.5. The van der Waals surface area contributed by atoms with E-state index >= 15 is 0 Å². The molecule has 318 valence electrons. The number of piperidine rings is 1. The maximum Gasteiger partial charge on any atom is 0.411 e. The summed E-state index contributed by atoms with van der Waals surface area (Å²) < 4.78 is 5.68. The number of fused-ring (bicyclic) bond motifs is 1. The summed E-state index contributed by atoms with van der Waals surface area (Å²) in [7, 11) is 1.86. The van der Waals surface area contributed by atoms with Crippen molar-refractivity contribution in [1.82, 2.24) is 20.1 Å². The molecular weight excluding hydrogens is 761 g/mol. The highest BCUT2D eigenvalue weighted by atomic mass is 16.6. The minimum Gasteiger partial charge on any atom is -0.506 e. The zero-order valence-corrected chi connectivity index (χ0v) is 34.8. The summed E-state index contributed by atoms with van der Waals surface area (Å²) in [6.07, 6.45) is 3.07. The van der Waals surface area contributed by atoms with Crippen LogP contribution < -0.4 is 21.5 Å². The Morgan fingerprint density at radius 1 is 0.867 bits per heavy atom. The fourth-order valence-corrected chi connectivity index (χ4v) is 7.08. The van der Waals surface area contributed by atoms with E-state index in [9.17, 15) is 29.4 Å². The Hall–Kier alpha value is -6.02. The number of pyridine rings is 1. The fraction of sp³-hybridized carbons (Fsp3) is 0.362. The summed E-state index contributed by atoms with van der Waals surface area (Å²) in [4.78, 5) is 54.4. The molecule has 1 fully saturated rings. The summed E-state index contributed by atoms with van der Waals surface area (Å²) in [5.41, 5.74) is 5.16. The molecule has 2 heterocycles. The quantitative estimate of drug-likeness (QED) is 0.0592. The lowest BCUT2D eigenvalue weighted by Crippen LogP contribution is -2.40. The SMILES string of the molecule is CCCC(=O)Nc1ccc(CNC[C@H](O)c2ccc(O)c3[nH]c(=O)ccc23)cc1.CCCN(C)C(=O)CCN1CCC(OC(=O)Nc2ccccc2-c2ccccc2)CC1. The van der Waals surface area contributed by atoms with E-state index < -0.39 is 12.2 Å². The number of nitrogens with one attached hydrogen (secondary N) is 4. The second-order valence-electron chi connectivity index (χ2n) is 15.0. The molecule has 5 aromatic rings. The minimum atomic E-state index is -0.809. The first-order chi connectivity index (χ1) is 29.0. The van der Waals surface area contributed by atoms with Crippen LogP contribution in [0.3, 0.4) is 0 Å². The van der Waals surface area contributed by atoms with Gasteiger partial charge < -0.3 is 40.4 Å². The van der Waals surface area contributed by atoms with Gasteiger partial charge in [-0.2, -0.15) is 0 Å². The van der Waals surface area contributed by atoms with Crippen molar-refractivity contribution in [2.45, 2.75) is 71.1 Å². The summed E-state index contributed by atoms with van der Waals surface area (Å²) in [6.45, 7) is 8.12. The van der Waals surface area contributed by atoms with E-state index in [1.807, 2.05) is 92.8 Å². The zero-order valence-electron chi connectivity index (χ0n) is 34.8. The third-order valence-corrected chi connectivity index (χ3v) is 10.3. The molecule has 3 amide bonds. The van der Waals surface area contributed by atoms with Gasteiger partial charge in [-0.3, -0.25) is 19.7 Å². The van der Waals surface area contributed by atoms with Gasteiger partial charge in [-0.25, -0.2) is 4.79 Å². The lowest BCUT2D eigenvalue weighted by Gasteiger charge is -2.31. The third-order valence-electron chi connectivity index (χ3n) is 10.3. The van der Waals surface area contributed by atoms with E-state index in [1.54, 1.807) is 17.0 Å². The number of hydrogen-bond acceptors (Lipinski definition) is 9. The Bertz CT molecular complexity index is 2200. The van der Waals surface area contributed by atoms with E-state index in [0.717, 1.165) is 79.9 Å². The molecule has 0 aliphatic carbocycles. The van der Waals surface area contributed by atoms with Gasteiger partial charge in [0.25, 0.3) is 0 Å². The predicted molar refractivity (Wildman–Crippen MR) is 237 cm³/mol. The van der Waals surface area contributed by atoms with Gasteiger partial charge in [0.1, 0.15) is 11.9 Å². The Labute approximate surface area is 351 Å². The van der Waals surface area contributed by atoms with Gasteiger partial charge >= 0.3 is 6.09 Å². The van der Waals surface area contributed by atoms with E-state index in [0.29, 0.717) is 42.4 Å². The van der Waals surface area contributed by atoms with Crippen molar-refractivity contribution in [2.75, 3.05) is 50.4 Å². The van der Waals surface area contributed by atoms with Crippen molar-refractivity contribution in [3.63, 3.8) is 0 Å². The van der Waals surface area contributed by atoms with Gasteiger partial charge in [0.15, 0.2) is 0 Å². The number of H-pyrrole nitrogens is 1. The van der Waals surface area contributed by atoms with Crippen LogP contribution in [0.1, 0.15) is 69.6 Å². The number of benzene rings is 4. The van der Waals surface area contributed by atoms with Crippen LogP contribution in [0.15, 0.2) is 108 Å². The summed E-state index contributed by atoms with van der Waals surface area (Å²) in [5.74, 6) is 0.161. The number of phenolic OH excluding ortho intramolecular Hbond substituents is 1. The molecule has 1 aliphatic rings. The molecule has 13 heteroatoms. The van der Waals surface area contributed by atoms with Crippen molar-refractivity contribution in [2.24, 2.45) is 0 Å². The Morgan fingerprint density at radius 2 is 1.58 bits per heavy atom. The maximum atomic E-state index is 12.5. The van der Waals surface area contributed by atoms with Gasteiger partial charge in [0.2, 0.25) is 17.4 Å². The number of carbonyl (C=O) groups is 3. The standard InChI is InChI=1S/C25H33N3O3.C22H25N3O4/c1-3-16-27(2)24(29)15-19-28-17-13-21(14-18-28)31-25(30)26-23-12-8-7-11-22(23)20-9-5-4-6-10-20;1-2-3-20(28)24-15-6-4-14(5-7-15)12-23-13-19(27)16-8-10-18(26)22-17(16)9-11-21(29)25-22/h4-12,21H,3,13-19H2,1-2H3,(H,26,30);4-11,19,23,26-27H,2-3,12-13H2,1H3,(H,24,28)(H,25,29)/t;19-/m.0/s1. The normalized spacial score (nSPS) is 13.5. The minimum absolute atomic E-state index is 0.00367. The van der Waals surface area contributed by atoms with Crippen LogP contribution in [0.4, 0.5) is 16.2 Å². The summed E-state index contributed by atoms with van der Waals surface area (Å²) >= 11 is 0. The first-order valence-corrected chi connectivity index (χ1v) is 20.8. The molecule has 0 radical (unpaired) electrons. The Morgan fingerprint density at radius 3 is 2.30 bits per heavy atom. The van der Waals surface area contributed by atoms with E-state index in [4.69, 9.17) is 4.74 Å². The first-order valence-electron chi connectivity index (χ1n) is 20.8. The third kappa shape index (κ3) is 13.5. The number of aromatic hydroxyl groups is 1. The summed E-state index contributed by atoms with van der Waals surface area (Å²) in [5, 5.41) is 30.1. The molecule has 1 saturated heterocycles. The number of rotatable bonds is 16. The number of carbonyl (C=O) groups excluding carboxylic acids is 3. The number of likely N-dealkylation sites (tertiary alicyclic amines) is 1. The molecule has 0 spiro atoms. The van der Waals surface area contributed by atoms with Crippen molar-refractivity contribution >= 4 is 40.2 Å². The Balaban J connectivity index is 0.000000228. The first kappa shape index (κ1) is 45.1. The van der Waals surface area contributed by atoms with Gasteiger partial charge in [0, 0.05) is 81.9 Å². The van der Waals surface area contributed by atoms with Crippen LogP contribution in [0.5, 0.6) is 5.75 Å². The highest BCUT2D eigenvalue weighted by molar-refractivity contribution is 5.92. The van der Waals surface area contributed by atoms with Gasteiger partial charge in [0.05, 0.1) is 17.3 Å². The molecule has 0 saturated carbocycles. The number of hydrogen-bond donors (Lipinski definition) is 6. The number of para-hydroxylation sites is 1. The number of phenols is 1. The van der Waals surface area contributed by atoms with Crippen LogP contribution >= 0.6 is 0 Å². The highest BCUT2D eigenvalue weighted by Crippen LogP contribution is 2.29. The lowest BCUT2D eigenvalue weighted by molar-refractivity contribution is -0.130. The average molecular weight is 819 g/mol. The van der Waals surface area contributed by atoms with Crippen molar-refractivity contribution in [3.05, 3.63) is 125 Å². The molecule has 0 bridgehead atoms. The van der Waals surface area contributed by atoms with Gasteiger partial charge in [-0.05, 0) is 72.7 Å². The van der Waals surface area contributed by atoms with E-state index in [2.05, 4.69) is 32.8 Å². The number of amides is 3. The molecular formula is C47H58N6O7. The smallest absolute Gasteiger partial charge is 0.411 e. The van der Waals surface area contributed by atoms with Crippen LogP contribution in [0.2, 0.25) is 0 Å². The van der Waals surface area contributed by atoms with Crippen LogP contribution in [-0.2, 0) is 20.9 Å². The molecule has 1 atom stereocenters. The molecule has 0 unspecified atom stereocenters. The number of aliphatic hydroxyl groups excluding tert-OH is 1. The number of anilines is 2. The van der Waals surface area contributed by atoms with Crippen molar-refractivity contribution < 1.29 is 29.3 Å². The predicted octanol–water partition coefficient (Wildman–Crippen LogP) is 7.42. The van der Waals surface area contributed by atoms with Crippen molar-refractivity contribution in [1.29, 1.82) is 0 Å². The summed E-state index contributed by atoms with van der Waals surface area (Å²) in [6, 6.07) is 31.3. The molecule has 1 aromatic heterocycles. The number of nitrogens with zero attached hydrogens (tertiary/aromatic N) is 2. The number of ether oxygens (including phenoxy) is 1. The molecule has 6 rings (SSSR count). The number of aliphatic hydroxyl groups is 1. The topological polar surface area (TPSA) is 176 Å². The van der Waals surface area contributed by atoms with Crippen LogP contribution in [-0.4, -0.2) is 88.8 Å².